The fourth-order valence-electron chi connectivity index (χ4n) is 2.56. The quantitative estimate of drug-likeness (QED) is 0.759. The van der Waals surface area contributed by atoms with E-state index in [-0.39, 0.29) is 6.10 Å². The summed E-state index contributed by atoms with van der Waals surface area (Å²) < 4.78 is 6.88. The molecule has 0 radical (unpaired) electrons. The maximum atomic E-state index is 11.0. The van der Waals surface area contributed by atoms with Crippen LogP contribution in [0.5, 0.6) is 5.75 Å². The first kappa shape index (κ1) is 13.6. The van der Waals surface area contributed by atoms with Crippen LogP contribution in [0.15, 0.2) is 22.7 Å². The predicted octanol–water partition coefficient (Wildman–Crippen LogP) is 4.61. The van der Waals surface area contributed by atoms with E-state index in [0.29, 0.717) is 11.3 Å². The van der Waals surface area contributed by atoms with Crippen LogP contribution >= 0.6 is 15.9 Å². The Morgan fingerprint density at radius 1 is 1.33 bits per heavy atom. The second-order valence-corrected chi connectivity index (χ2v) is 5.88. The fraction of sp³-hybridized carbons (Fsp3) is 0.533. The van der Waals surface area contributed by atoms with Crippen LogP contribution in [0, 0.1) is 5.92 Å². The minimum absolute atomic E-state index is 0.271. The van der Waals surface area contributed by atoms with Gasteiger partial charge in [-0.3, -0.25) is 4.79 Å². The van der Waals surface area contributed by atoms with Crippen LogP contribution in [0.2, 0.25) is 0 Å². The van der Waals surface area contributed by atoms with Gasteiger partial charge in [-0.05, 0) is 49.8 Å². The summed E-state index contributed by atoms with van der Waals surface area (Å²) in [5.41, 5.74) is 0.627. The van der Waals surface area contributed by atoms with Crippen molar-refractivity contribution in [3.05, 3.63) is 28.2 Å². The van der Waals surface area contributed by atoms with Crippen molar-refractivity contribution in [2.24, 2.45) is 5.92 Å². The number of carbonyl (C=O) groups is 1. The van der Waals surface area contributed by atoms with Crippen LogP contribution in [-0.4, -0.2) is 12.4 Å². The maximum absolute atomic E-state index is 11.0. The van der Waals surface area contributed by atoms with Gasteiger partial charge < -0.3 is 4.74 Å². The number of ether oxygens (including phenoxy) is 1. The highest BCUT2D eigenvalue weighted by Gasteiger charge is 2.21. The Bertz CT molecular complexity index is 409. The molecule has 98 valence electrons. The molecule has 0 bridgehead atoms. The third kappa shape index (κ3) is 3.35. The zero-order valence-electron chi connectivity index (χ0n) is 10.7. The van der Waals surface area contributed by atoms with Crippen molar-refractivity contribution in [3.8, 4) is 5.75 Å². The van der Waals surface area contributed by atoms with Crippen molar-refractivity contribution in [1.29, 1.82) is 0 Å². The highest BCUT2D eigenvalue weighted by Crippen LogP contribution is 2.31. The third-order valence-electron chi connectivity index (χ3n) is 3.76. The van der Waals surface area contributed by atoms with E-state index in [4.69, 9.17) is 4.74 Å². The molecule has 0 amide bonds. The first-order chi connectivity index (χ1) is 8.72. The third-order valence-corrected chi connectivity index (χ3v) is 4.26. The highest BCUT2D eigenvalue weighted by molar-refractivity contribution is 9.10. The van der Waals surface area contributed by atoms with Crippen LogP contribution < -0.4 is 4.74 Å². The molecule has 2 rings (SSSR count). The molecule has 1 fully saturated rings. The molecule has 0 spiro atoms. The summed E-state index contributed by atoms with van der Waals surface area (Å²) in [6.45, 7) is 2.26. The molecule has 0 unspecified atom stereocenters. The van der Waals surface area contributed by atoms with E-state index in [1.54, 1.807) is 6.07 Å². The van der Waals surface area contributed by atoms with Crippen molar-refractivity contribution in [3.63, 3.8) is 0 Å². The number of halogens is 1. The van der Waals surface area contributed by atoms with Gasteiger partial charge in [-0.2, -0.15) is 0 Å². The van der Waals surface area contributed by atoms with Gasteiger partial charge in [-0.1, -0.05) is 29.3 Å². The van der Waals surface area contributed by atoms with Gasteiger partial charge >= 0.3 is 0 Å². The van der Waals surface area contributed by atoms with E-state index in [1.807, 2.05) is 12.1 Å². The molecule has 18 heavy (non-hydrogen) atoms. The molecule has 2 nitrogen and oxygen atoms in total. The lowest BCUT2D eigenvalue weighted by Crippen LogP contribution is -2.24. The molecular weight excluding hydrogens is 292 g/mol. The molecule has 1 aliphatic carbocycles. The monoisotopic (exact) mass is 310 g/mol. The Morgan fingerprint density at radius 2 is 2.06 bits per heavy atom. The van der Waals surface area contributed by atoms with Crippen molar-refractivity contribution < 1.29 is 9.53 Å². The van der Waals surface area contributed by atoms with Gasteiger partial charge in [0.25, 0.3) is 0 Å². The second kappa shape index (κ2) is 6.37. The zero-order valence-corrected chi connectivity index (χ0v) is 12.3. The van der Waals surface area contributed by atoms with Crippen LogP contribution in [0.25, 0.3) is 0 Å². The zero-order chi connectivity index (χ0) is 13.0. The van der Waals surface area contributed by atoms with Gasteiger partial charge in [0.15, 0.2) is 6.29 Å². The fourth-order valence-corrected chi connectivity index (χ4v) is 2.94. The van der Waals surface area contributed by atoms with Crippen molar-refractivity contribution >= 4 is 22.2 Å². The Hall–Kier alpha value is -0.830. The second-order valence-electron chi connectivity index (χ2n) is 4.97. The van der Waals surface area contributed by atoms with Gasteiger partial charge in [0.1, 0.15) is 5.75 Å². The lowest BCUT2D eigenvalue weighted by molar-refractivity contribution is 0.109. The number of aldehydes is 1. The van der Waals surface area contributed by atoms with Crippen LogP contribution in [-0.2, 0) is 0 Å². The average Bonchev–Trinajstić information content (AvgIpc) is 2.41. The molecule has 1 aliphatic rings. The number of rotatable bonds is 4. The SMILES string of the molecule is CCC1CCC(Oc2ccc(Br)cc2C=O)CC1. The molecule has 0 aromatic heterocycles. The first-order valence-corrected chi connectivity index (χ1v) is 7.43. The van der Waals surface area contributed by atoms with Crippen molar-refractivity contribution in [2.75, 3.05) is 0 Å². The first-order valence-electron chi connectivity index (χ1n) is 6.64. The topological polar surface area (TPSA) is 26.3 Å². The van der Waals surface area contributed by atoms with E-state index >= 15 is 0 Å². The van der Waals surface area contributed by atoms with Crippen LogP contribution in [0.3, 0.4) is 0 Å². The smallest absolute Gasteiger partial charge is 0.153 e. The average molecular weight is 311 g/mol. The van der Waals surface area contributed by atoms with Crippen molar-refractivity contribution in [2.45, 2.75) is 45.1 Å². The molecule has 0 saturated heterocycles. The van der Waals surface area contributed by atoms with Crippen molar-refractivity contribution in [1.82, 2.24) is 0 Å². The van der Waals surface area contributed by atoms with Gasteiger partial charge in [-0.15, -0.1) is 0 Å². The molecule has 1 saturated carbocycles. The molecular formula is C15H19BrO2. The van der Waals surface area contributed by atoms with Crippen LogP contribution in [0.1, 0.15) is 49.4 Å². The predicted molar refractivity (Wildman–Crippen MR) is 76.2 cm³/mol. The lowest BCUT2D eigenvalue weighted by atomic mass is 9.86. The molecule has 0 atom stereocenters. The van der Waals surface area contributed by atoms with Gasteiger partial charge in [0.2, 0.25) is 0 Å². The molecule has 1 aromatic rings. The molecule has 0 N–H and O–H groups in total. The standard InChI is InChI=1S/C15H19BrO2/c1-2-11-3-6-14(7-4-11)18-15-8-5-13(16)9-12(15)10-17/h5,8-11,14H,2-4,6-7H2,1H3. The van der Waals surface area contributed by atoms with Crippen LogP contribution in [0.4, 0.5) is 0 Å². The molecule has 0 aliphatic heterocycles. The van der Waals surface area contributed by atoms with Gasteiger partial charge in [0, 0.05) is 4.47 Å². The van der Waals surface area contributed by atoms with E-state index in [0.717, 1.165) is 29.5 Å². The Morgan fingerprint density at radius 3 is 2.67 bits per heavy atom. The van der Waals surface area contributed by atoms with Gasteiger partial charge in [0.05, 0.1) is 11.7 Å². The molecule has 0 heterocycles. The number of carbonyl (C=O) groups excluding carboxylic acids is 1. The highest BCUT2D eigenvalue weighted by atomic mass is 79.9. The summed E-state index contributed by atoms with van der Waals surface area (Å²) in [5.74, 6) is 1.58. The Labute approximate surface area is 117 Å². The van der Waals surface area contributed by atoms with E-state index < -0.39 is 0 Å². The summed E-state index contributed by atoms with van der Waals surface area (Å²) in [6.07, 6.45) is 7.09. The number of hydrogen-bond donors (Lipinski definition) is 0. The largest absolute Gasteiger partial charge is 0.490 e. The van der Waals surface area contributed by atoms with E-state index in [2.05, 4.69) is 22.9 Å². The summed E-state index contributed by atoms with van der Waals surface area (Å²) in [5, 5.41) is 0. The van der Waals surface area contributed by atoms with E-state index in [1.165, 1.54) is 19.3 Å². The summed E-state index contributed by atoms with van der Waals surface area (Å²) >= 11 is 3.37. The molecule has 3 heteroatoms. The normalized spacial score (nSPS) is 23.7. The van der Waals surface area contributed by atoms with E-state index in [9.17, 15) is 4.79 Å². The summed E-state index contributed by atoms with van der Waals surface area (Å²) in [7, 11) is 0. The Kier molecular flexibility index (Phi) is 4.81. The minimum Gasteiger partial charge on any atom is -0.490 e. The summed E-state index contributed by atoms with van der Waals surface area (Å²) in [6, 6.07) is 5.60. The summed E-state index contributed by atoms with van der Waals surface area (Å²) in [4.78, 5) is 11.0. The molecule has 1 aromatic carbocycles. The number of hydrogen-bond acceptors (Lipinski definition) is 2. The van der Waals surface area contributed by atoms with Gasteiger partial charge in [-0.25, -0.2) is 0 Å². The minimum atomic E-state index is 0.271. The maximum Gasteiger partial charge on any atom is 0.153 e. The lowest BCUT2D eigenvalue weighted by Gasteiger charge is -2.28. The Balaban J connectivity index is 2.00. The number of benzene rings is 1.